The number of methoxy groups -OCH3 is 1. The van der Waals surface area contributed by atoms with Crippen LogP contribution in [0.15, 0.2) is 41.5 Å². The molecular weight excluding hydrogens is 336 g/mol. The Balaban J connectivity index is 1.65. The fourth-order valence-electron chi connectivity index (χ4n) is 2.38. The molecule has 0 saturated carbocycles. The third-order valence-corrected chi connectivity index (χ3v) is 3.56. The van der Waals surface area contributed by atoms with Gasteiger partial charge in [0.15, 0.2) is 23.0 Å². The molecule has 7 nitrogen and oxygen atoms in total. The number of hydrogen-bond acceptors (Lipinski definition) is 6. The van der Waals surface area contributed by atoms with Crippen molar-refractivity contribution in [1.29, 1.82) is 0 Å². The summed E-state index contributed by atoms with van der Waals surface area (Å²) < 4.78 is 21.5. The highest BCUT2D eigenvalue weighted by Gasteiger charge is 2.15. The number of fused-ring (bicyclic) bond motifs is 1. The van der Waals surface area contributed by atoms with Crippen LogP contribution < -0.4 is 24.4 Å². The Kier molecular flexibility index (Phi) is 5.26. The highest BCUT2D eigenvalue weighted by Crippen LogP contribution is 2.32. The smallest absolute Gasteiger partial charge is 0.271 e. The van der Waals surface area contributed by atoms with Crippen molar-refractivity contribution in [3.8, 4) is 23.0 Å². The number of amides is 1. The molecule has 0 aliphatic carbocycles. The molecule has 1 aliphatic heterocycles. The molecule has 1 amide bonds. The summed E-state index contributed by atoms with van der Waals surface area (Å²) in [5.41, 5.74) is 3.69. The number of benzene rings is 2. The van der Waals surface area contributed by atoms with E-state index in [2.05, 4.69) is 10.5 Å². The summed E-state index contributed by atoms with van der Waals surface area (Å²) in [5.74, 6) is 2.09. The fourth-order valence-corrected chi connectivity index (χ4v) is 2.38. The van der Waals surface area contributed by atoms with Crippen molar-refractivity contribution in [3.63, 3.8) is 0 Å². The van der Waals surface area contributed by atoms with Gasteiger partial charge in [0.2, 0.25) is 6.79 Å². The quantitative estimate of drug-likeness (QED) is 0.636. The fraction of sp³-hybridized carbons (Fsp3) is 0.263. The van der Waals surface area contributed by atoms with E-state index in [1.165, 1.54) is 6.21 Å². The van der Waals surface area contributed by atoms with E-state index >= 15 is 0 Å². The molecule has 1 aliphatic rings. The molecule has 3 rings (SSSR count). The molecule has 0 aromatic heterocycles. The van der Waals surface area contributed by atoms with Gasteiger partial charge in [-0.1, -0.05) is 0 Å². The van der Waals surface area contributed by atoms with Gasteiger partial charge in [0.05, 0.1) is 19.4 Å². The minimum absolute atomic E-state index is 0.0457. The first-order valence-electron chi connectivity index (χ1n) is 8.14. The number of rotatable bonds is 6. The lowest BCUT2D eigenvalue weighted by Crippen LogP contribution is -2.17. The van der Waals surface area contributed by atoms with Crippen LogP contribution in [-0.4, -0.2) is 32.1 Å². The van der Waals surface area contributed by atoms with E-state index in [1.807, 2.05) is 19.9 Å². The molecule has 7 heteroatoms. The van der Waals surface area contributed by atoms with Gasteiger partial charge in [0.1, 0.15) is 0 Å². The number of hydrazone groups is 1. The first-order valence-corrected chi connectivity index (χ1v) is 8.14. The molecule has 0 radical (unpaired) electrons. The Morgan fingerprint density at radius 1 is 1.15 bits per heavy atom. The predicted octanol–water partition coefficient (Wildman–Crippen LogP) is 2.98. The second kappa shape index (κ2) is 7.77. The highest BCUT2D eigenvalue weighted by atomic mass is 16.7. The van der Waals surface area contributed by atoms with Crippen molar-refractivity contribution >= 4 is 12.1 Å². The maximum absolute atomic E-state index is 12.2. The van der Waals surface area contributed by atoms with Crippen molar-refractivity contribution in [2.24, 2.45) is 5.10 Å². The van der Waals surface area contributed by atoms with E-state index in [9.17, 15) is 4.79 Å². The molecule has 136 valence electrons. The van der Waals surface area contributed by atoms with Crippen molar-refractivity contribution in [2.45, 2.75) is 20.0 Å². The number of hydrogen-bond donors (Lipinski definition) is 1. The summed E-state index contributed by atoms with van der Waals surface area (Å²) in [5, 5.41) is 3.98. The van der Waals surface area contributed by atoms with Gasteiger partial charge in [-0.2, -0.15) is 5.10 Å². The van der Waals surface area contributed by atoms with Gasteiger partial charge in [-0.15, -0.1) is 0 Å². The van der Waals surface area contributed by atoms with Crippen LogP contribution >= 0.6 is 0 Å². The van der Waals surface area contributed by atoms with E-state index in [1.54, 1.807) is 37.4 Å². The predicted molar refractivity (Wildman–Crippen MR) is 96.4 cm³/mol. The van der Waals surface area contributed by atoms with E-state index in [0.29, 0.717) is 28.6 Å². The third kappa shape index (κ3) is 4.05. The molecular formula is C19H20N2O5. The van der Waals surface area contributed by atoms with Crippen LogP contribution in [0.1, 0.15) is 29.8 Å². The summed E-state index contributed by atoms with van der Waals surface area (Å²) in [6, 6.07) is 10.4. The van der Waals surface area contributed by atoms with E-state index < -0.39 is 0 Å². The van der Waals surface area contributed by atoms with Gasteiger partial charge >= 0.3 is 0 Å². The van der Waals surface area contributed by atoms with E-state index in [0.717, 1.165) is 5.56 Å². The van der Waals surface area contributed by atoms with Gasteiger partial charge in [0.25, 0.3) is 5.91 Å². The molecule has 0 unspecified atom stereocenters. The monoisotopic (exact) mass is 356 g/mol. The first-order chi connectivity index (χ1) is 12.6. The van der Waals surface area contributed by atoms with Crippen molar-refractivity contribution in [1.82, 2.24) is 5.43 Å². The molecule has 1 heterocycles. The summed E-state index contributed by atoms with van der Waals surface area (Å²) in [6.07, 6.45) is 1.58. The third-order valence-electron chi connectivity index (χ3n) is 3.56. The van der Waals surface area contributed by atoms with Crippen LogP contribution in [0.2, 0.25) is 0 Å². The second-order valence-electron chi connectivity index (χ2n) is 5.84. The molecule has 0 fully saturated rings. The zero-order valence-electron chi connectivity index (χ0n) is 14.8. The SMILES string of the molecule is COc1cc(/C=N/NC(=O)c2ccc3c(c2)OCO3)ccc1OC(C)C. The molecule has 0 atom stereocenters. The molecule has 2 aromatic carbocycles. The van der Waals surface area contributed by atoms with Crippen LogP contribution in [0.3, 0.4) is 0 Å². The van der Waals surface area contributed by atoms with Gasteiger partial charge in [-0.3, -0.25) is 4.79 Å². The topological polar surface area (TPSA) is 78.4 Å². The maximum Gasteiger partial charge on any atom is 0.271 e. The normalized spacial score (nSPS) is 12.5. The van der Waals surface area contributed by atoms with Crippen LogP contribution in [0.5, 0.6) is 23.0 Å². The van der Waals surface area contributed by atoms with Gasteiger partial charge in [-0.25, -0.2) is 5.43 Å². The largest absolute Gasteiger partial charge is 0.493 e. The van der Waals surface area contributed by atoms with Gasteiger partial charge in [-0.05, 0) is 55.8 Å². The lowest BCUT2D eigenvalue weighted by molar-refractivity contribution is 0.0954. The number of carbonyl (C=O) groups is 1. The lowest BCUT2D eigenvalue weighted by Gasteiger charge is -2.13. The second-order valence-corrected chi connectivity index (χ2v) is 5.84. The Morgan fingerprint density at radius 2 is 1.96 bits per heavy atom. The zero-order valence-corrected chi connectivity index (χ0v) is 14.8. The minimum Gasteiger partial charge on any atom is -0.493 e. The van der Waals surface area contributed by atoms with Crippen molar-refractivity contribution in [3.05, 3.63) is 47.5 Å². The van der Waals surface area contributed by atoms with E-state index in [4.69, 9.17) is 18.9 Å². The van der Waals surface area contributed by atoms with Crippen LogP contribution in [0, 0.1) is 0 Å². The number of ether oxygens (including phenoxy) is 4. The molecule has 0 saturated heterocycles. The maximum atomic E-state index is 12.2. The zero-order chi connectivity index (χ0) is 18.5. The molecule has 0 spiro atoms. The Hall–Kier alpha value is -3.22. The molecule has 26 heavy (non-hydrogen) atoms. The summed E-state index contributed by atoms with van der Waals surface area (Å²) in [6.45, 7) is 4.05. The Morgan fingerprint density at radius 3 is 2.73 bits per heavy atom. The van der Waals surface area contributed by atoms with E-state index in [-0.39, 0.29) is 18.8 Å². The average molecular weight is 356 g/mol. The van der Waals surface area contributed by atoms with Crippen LogP contribution in [-0.2, 0) is 0 Å². The number of carbonyl (C=O) groups excluding carboxylic acids is 1. The van der Waals surface area contributed by atoms with Crippen molar-refractivity contribution in [2.75, 3.05) is 13.9 Å². The molecule has 2 aromatic rings. The van der Waals surface area contributed by atoms with Gasteiger partial charge in [0, 0.05) is 5.56 Å². The summed E-state index contributed by atoms with van der Waals surface area (Å²) >= 11 is 0. The standard InChI is InChI=1S/C19H20N2O5/c1-12(2)26-16-6-4-13(8-17(16)23-3)10-20-21-19(22)14-5-7-15-18(9-14)25-11-24-15/h4-10,12H,11H2,1-3H3,(H,21,22)/b20-10+. The van der Waals surface area contributed by atoms with Crippen LogP contribution in [0.25, 0.3) is 0 Å². The highest BCUT2D eigenvalue weighted by molar-refractivity contribution is 5.95. The minimum atomic E-state index is -0.341. The van der Waals surface area contributed by atoms with Crippen molar-refractivity contribution < 1.29 is 23.7 Å². The summed E-state index contributed by atoms with van der Waals surface area (Å²) in [4.78, 5) is 12.2. The summed E-state index contributed by atoms with van der Waals surface area (Å²) in [7, 11) is 1.57. The molecule has 0 bridgehead atoms. The Labute approximate surface area is 151 Å². The van der Waals surface area contributed by atoms with Crippen LogP contribution in [0.4, 0.5) is 0 Å². The Bertz CT molecular complexity index is 833. The average Bonchev–Trinajstić information content (AvgIpc) is 3.10. The number of nitrogens with one attached hydrogen (secondary N) is 1. The lowest BCUT2D eigenvalue weighted by atomic mass is 10.2. The molecule has 1 N–H and O–H groups in total. The van der Waals surface area contributed by atoms with Gasteiger partial charge < -0.3 is 18.9 Å². The first kappa shape index (κ1) is 17.6. The number of nitrogens with zero attached hydrogens (tertiary/aromatic N) is 1.